The van der Waals surface area contributed by atoms with Crippen molar-refractivity contribution >= 4 is 11.6 Å². The lowest BCUT2D eigenvalue weighted by atomic mass is 10.0. The number of alkyl halides is 2. The Morgan fingerprint density at radius 3 is 2.58 bits per heavy atom. The number of para-hydroxylation sites is 1. The fourth-order valence-corrected chi connectivity index (χ4v) is 3.87. The average molecular weight is 421 g/mol. The number of nitrogens with zero attached hydrogens (tertiary/aromatic N) is 5. The highest BCUT2D eigenvalue weighted by atomic mass is 19.3. The van der Waals surface area contributed by atoms with Crippen LogP contribution in [0.3, 0.4) is 0 Å². The number of carbonyl (C=O) groups excluding carboxylic acids is 1. The van der Waals surface area contributed by atoms with E-state index in [1.165, 1.54) is 0 Å². The highest BCUT2D eigenvalue weighted by Gasteiger charge is 2.31. The van der Waals surface area contributed by atoms with Crippen molar-refractivity contribution in [3.8, 4) is 22.6 Å². The van der Waals surface area contributed by atoms with E-state index in [9.17, 15) is 13.6 Å². The van der Waals surface area contributed by atoms with E-state index in [0.29, 0.717) is 17.7 Å². The van der Waals surface area contributed by atoms with Crippen molar-refractivity contribution in [2.24, 2.45) is 7.05 Å². The minimum atomic E-state index is -2.85. The van der Waals surface area contributed by atoms with Crippen LogP contribution in [0.15, 0.2) is 53.1 Å². The Kier molecular flexibility index (Phi) is 4.39. The first kappa shape index (κ1) is 19.1. The van der Waals surface area contributed by atoms with Crippen molar-refractivity contribution in [2.45, 2.75) is 19.9 Å². The van der Waals surface area contributed by atoms with Crippen LogP contribution >= 0.6 is 0 Å². The summed E-state index contributed by atoms with van der Waals surface area (Å²) in [6, 6.07) is 12.8. The van der Waals surface area contributed by atoms with Gasteiger partial charge in [0, 0.05) is 35.5 Å². The SMILES string of the molecule is Cc1nn(C)cc1-c1ccccc1N1Cc2ccc(-c3nnc(C(F)F)o3)cc2C1=O. The number of halogens is 2. The van der Waals surface area contributed by atoms with Crippen molar-refractivity contribution < 1.29 is 18.0 Å². The lowest BCUT2D eigenvalue weighted by molar-refractivity contribution is 0.0996. The molecule has 0 atom stereocenters. The van der Waals surface area contributed by atoms with Gasteiger partial charge in [0.05, 0.1) is 17.9 Å². The van der Waals surface area contributed by atoms with Gasteiger partial charge in [-0.3, -0.25) is 9.48 Å². The van der Waals surface area contributed by atoms with Gasteiger partial charge >= 0.3 is 6.43 Å². The minimum absolute atomic E-state index is 0.0456. The van der Waals surface area contributed by atoms with Crippen LogP contribution in [-0.2, 0) is 13.6 Å². The molecule has 0 radical (unpaired) electrons. The van der Waals surface area contributed by atoms with Crippen LogP contribution < -0.4 is 4.90 Å². The van der Waals surface area contributed by atoms with Crippen LogP contribution in [0.25, 0.3) is 22.6 Å². The third kappa shape index (κ3) is 3.18. The van der Waals surface area contributed by atoms with E-state index in [0.717, 1.165) is 28.1 Å². The van der Waals surface area contributed by atoms with Gasteiger partial charge in [-0.25, -0.2) is 0 Å². The molecule has 0 bridgehead atoms. The van der Waals surface area contributed by atoms with Crippen molar-refractivity contribution in [2.75, 3.05) is 4.90 Å². The topological polar surface area (TPSA) is 77.1 Å². The van der Waals surface area contributed by atoms with Gasteiger partial charge in [0.15, 0.2) is 0 Å². The van der Waals surface area contributed by atoms with E-state index in [1.807, 2.05) is 44.4 Å². The first-order valence-corrected chi connectivity index (χ1v) is 9.58. The van der Waals surface area contributed by atoms with Gasteiger partial charge in [-0.05, 0) is 30.7 Å². The molecule has 1 aliphatic heterocycles. The lowest BCUT2D eigenvalue weighted by Crippen LogP contribution is -2.23. The molecule has 1 aliphatic rings. The highest BCUT2D eigenvalue weighted by molar-refractivity contribution is 6.12. The first-order valence-electron chi connectivity index (χ1n) is 9.58. The van der Waals surface area contributed by atoms with E-state index in [-0.39, 0.29) is 11.8 Å². The van der Waals surface area contributed by atoms with Crippen LogP contribution in [0.1, 0.15) is 33.9 Å². The molecule has 0 fully saturated rings. The van der Waals surface area contributed by atoms with E-state index in [2.05, 4.69) is 15.3 Å². The van der Waals surface area contributed by atoms with Gasteiger partial charge in [0.2, 0.25) is 5.89 Å². The Hall–Kier alpha value is -3.88. The second kappa shape index (κ2) is 7.12. The average Bonchev–Trinajstić information content (AvgIpc) is 3.45. The maximum Gasteiger partial charge on any atom is 0.314 e. The third-order valence-corrected chi connectivity index (χ3v) is 5.29. The van der Waals surface area contributed by atoms with Gasteiger partial charge < -0.3 is 9.32 Å². The summed E-state index contributed by atoms with van der Waals surface area (Å²) in [4.78, 5) is 15.0. The molecule has 156 valence electrons. The summed E-state index contributed by atoms with van der Waals surface area (Å²) >= 11 is 0. The number of aromatic nitrogens is 4. The van der Waals surface area contributed by atoms with E-state index in [1.54, 1.807) is 27.8 Å². The molecular weight excluding hydrogens is 404 g/mol. The predicted octanol–water partition coefficient (Wildman–Crippen LogP) is 4.54. The molecule has 4 aromatic rings. The molecule has 0 saturated carbocycles. The molecule has 0 aliphatic carbocycles. The van der Waals surface area contributed by atoms with Gasteiger partial charge in [-0.1, -0.05) is 24.3 Å². The number of anilines is 1. The minimum Gasteiger partial charge on any atom is -0.415 e. The molecular formula is C22H17F2N5O2. The maximum absolute atomic E-state index is 13.3. The molecule has 2 aromatic heterocycles. The van der Waals surface area contributed by atoms with E-state index >= 15 is 0 Å². The summed E-state index contributed by atoms with van der Waals surface area (Å²) < 4.78 is 32.3. The van der Waals surface area contributed by atoms with Crippen molar-refractivity contribution in [1.82, 2.24) is 20.0 Å². The molecule has 9 heteroatoms. The molecule has 1 amide bonds. The normalized spacial score (nSPS) is 13.3. The summed E-state index contributed by atoms with van der Waals surface area (Å²) in [5.41, 5.74) is 5.24. The quantitative estimate of drug-likeness (QED) is 0.483. The third-order valence-electron chi connectivity index (χ3n) is 5.29. The second-order valence-corrected chi connectivity index (χ2v) is 7.33. The standard InChI is InChI=1S/C22H17F2N5O2/c1-12-17(11-28(2)27-12)15-5-3-4-6-18(15)29-10-14-8-7-13(9-16(14)22(29)30)20-25-26-21(31-20)19(23)24/h3-9,11,19H,10H2,1-2H3. The van der Waals surface area contributed by atoms with Gasteiger partial charge in [0.1, 0.15) is 0 Å². The molecule has 0 saturated heterocycles. The number of hydrogen-bond donors (Lipinski definition) is 0. The van der Waals surface area contributed by atoms with Crippen LogP contribution in [0.4, 0.5) is 14.5 Å². The van der Waals surface area contributed by atoms with Crippen molar-refractivity contribution in [3.05, 3.63) is 71.4 Å². The Bertz CT molecular complexity index is 1310. The van der Waals surface area contributed by atoms with Crippen LogP contribution in [0.2, 0.25) is 0 Å². The highest BCUT2D eigenvalue weighted by Crippen LogP contribution is 2.38. The number of hydrogen-bond acceptors (Lipinski definition) is 5. The van der Waals surface area contributed by atoms with Crippen LogP contribution in [-0.4, -0.2) is 25.9 Å². The molecule has 0 spiro atoms. The Morgan fingerprint density at radius 2 is 1.87 bits per heavy atom. The number of carbonyl (C=O) groups is 1. The molecule has 3 heterocycles. The fourth-order valence-electron chi connectivity index (χ4n) is 3.87. The molecule has 2 aromatic carbocycles. The van der Waals surface area contributed by atoms with Gasteiger partial charge in [-0.15, -0.1) is 10.2 Å². The second-order valence-electron chi connectivity index (χ2n) is 7.33. The zero-order chi connectivity index (χ0) is 21.7. The zero-order valence-corrected chi connectivity index (χ0v) is 16.7. The summed E-state index contributed by atoms with van der Waals surface area (Å²) in [7, 11) is 1.86. The van der Waals surface area contributed by atoms with Gasteiger partial charge in [0.25, 0.3) is 11.8 Å². The lowest BCUT2D eigenvalue weighted by Gasteiger charge is -2.19. The number of rotatable bonds is 4. The maximum atomic E-state index is 13.3. The number of amides is 1. The monoisotopic (exact) mass is 421 g/mol. The molecule has 5 rings (SSSR count). The van der Waals surface area contributed by atoms with E-state index in [4.69, 9.17) is 4.42 Å². The van der Waals surface area contributed by atoms with E-state index < -0.39 is 12.3 Å². The predicted molar refractivity (Wildman–Crippen MR) is 109 cm³/mol. The Labute approximate surface area is 175 Å². The zero-order valence-electron chi connectivity index (χ0n) is 16.7. The molecule has 7 nitrogen and oxygen atoms in total. The Morgan fingerprint density at radius 1 is 1.06 bits per heavy atom. The number of aryl methyl sites for hydroxylation is 2. The number of fused-ring (bicyclic) bond motifs is 1. The van der Waals surface area contributed by atoms with Gasteiger partial charge in [-0.2, -0.15) is 13.9 Å². The van der Waals surface area contributed by atoms with Crippen molar-refractivity contribution in [3.63, 3.8) is 0 Å². The van der Waals surface area contributed by atoms with Crippen LogP contribution in [0, 0.1) is 6.92 Å². The largest absolute Gasteiger partial charge is 0.415 e. The molecule has 0 unspecified atom stereocenters. The summed E-state index contributed by atoms with van der Waals surface area (Å²) in [6.45, 7) is 2.33. The fraction of sp³-hybridized carbons (Fsp3) is 0.182. The Balaban J connectivity index is 1.52. The molecule has 31 heavy (non-hydrogen) atoms. The van der Waals surface area contributed by atoms with Crippen molar-refractivity contribution in [1.29, 1.82) is 0 Å². The van der Waals surface area contributed by atoms with Crippen LogP contribution in [0.5, 0.6) is 0 Å². The molecule has 0 N–H and O–H groups in total. The number of benzene rings is 2. The first-order chi connectivity index (χ1) is 14.9. The smallest absolute Gasteiger partial charge is 0.314 e. The summed E-state index contributed by atoms with van der Waals surface area (Å²) in [5, 5.41) is 11.4. The summed E-state index contributed by atoms with van der Waals surface area (Å²) in [5.74, 6) is -0.973. The summed E-state index contributed by atoms with van der Waals surface area (Å²) in [6.07, 6.45) is -0.920.